The van der Waals surface area contributed by atoms with E-state index >= 15 is 0 Å². The third-order valence-electron chi connectivity index (χ3n) is 4.14. The number of halogens is 1. The summed E-state index contributed by atoms with van der Waals surface area (Å²) >= 11 is 0. The third-order valence-corrected chi connectivity index (χ3v) is 4.14. The number of quaternary nitrogens is 1. The molecule has 1 aliphatic heterocycles. The van der Waals surface area contributed by atoms with Gasteiger partial charge in [-0.25, -0.2) is 0 Å². The molecule has 1 heterocycles. The SMILES string of the molecule is CCCCN1CC[NH+](c2cccc3ccccc23)C1.[Br-]. The van der Waals surface area contributed by atoms with E-state index in [2.05, 4.69) is 54.3 Å². The predicted octanol–water partition coefficient (Wildman–Crippen LogP) is -0.567. The first-order valence-corrected chi connectivity index (χ1v) is 7.43. The van der Waals surface area contributed by atoms with Crippen LogP contribution in [0, 0.1) is 0 Å². The molecule has 0 bridgehead atoms. The summed E-state index contributed by atoms with van der Waals surface area (Å²) in [6.07, 6.45) is 2.61. The van der Waals surface area contributed by atoms with Crippen molar-refractivity contribution in [1.29, 1.82) is 0 Å². The van der Waals surface area contributed by atoms with Gasteiger partial charge in [-0.15, -0.1) is 0 Å². The summed E-state index contributed by atoms with van der Waals surface area (Å²) in [7, 11) is 0. The molecule has 2 aromatic carbocycles. The molecular formula is C17H23BrN2. The molecule has 0 radical (unpaired) electrons. The zero-order valence-corrected chi connectivity index (χ0v) is 13.7. The van der Waals surface area contributed by atoms with E-state index in [9.17, 15) is 0 Å². The van der Waals surface area contributed by atoms with Crippen molar-refractivity contribution in [2.24, 2.45) is 0 Å². The Hall–Kier alpha value is -0.900. The number of nitrogens with one attached hydrogen (secondary N) is 1. The van der Waals surface area contributed by atoms with Crippen LogP contribution < -0.4 is 21.9 Å². The highest BCUT2D eigenvalue weighted by Gasteiger charge is 2.25. The molecule has 108 valence electrons. The lowest BCUT2D eigenvalue weighted by atomic mass is 10.1. The number of benzene rings is 2. The Morgan fingerprint density at radius 3 is 2.75 bits per heavy atom. The summed E-state index contributed by atoms with van der Waals surface area (Å²) < 4.78 is 0. The topological polar surface area (TPSA) is 7.68 Å². The number of fused-ring (bicyclic) bond motifs is 1. The second kappa shape index (κ2) is 7.21. The molecule has 1 aliphatic rings. The second-order valence-corrected chi connectivity index (χ2v) is 5.51. The van der Waals surface area contributed by atoms with Crippen LogP contribution >= 0.6 is 0 Å². The molecule has 3 heteroatoms. The minimum atomic E-state index is 0. The first-order valence-electron chi connectivity index (χ1n) is 7.43. The minimum Gasteiger partial charge on any atom is -1.00 e. The fraction of sp³-hybridized carbons (Fsp3) is 0.412. The molecule has 20 heavy (non-hydrogen) atoms. The van der Waals surface area contributed by atoms with Gasteiger partial charge in [0.25, 0.3) is 0 Å². The van der Waals surface area contributed by atoms with Gasteiger partial charge in [0.15, 0.2) is 0 Å². The fourth-order valence-corrected chi connectivity index (χ4v) is 3.05. The quantitative estimate of drug-likeness (QED) is 0.787. The fourth-order valence-electron chi connectivity index (χ4n) is 3.05. The molecule has 1 saturated heterocycles. The van der Waals surface area contributed by atoms with E-state index in [0.29, 0.717) is 0 Å². The Labute approximate surface area is 132 Å². The molecule has 1 atom stereocenters. The Morgan fingerprint density at radius 1 is 1.10 bits per heavy atom. The average Bonchev–Trinajstić information content (AvgIpc) is 2.93. The number of unbranched alkanes of at least 4 members (excludes halogenated alkanes) is 1. The second-order valence-electron chi connectivity index (χ2n) is 5.51. The van der Waals surface area contributed by atoms with Crippen molar-refractivity contribution in [3.8, 4) is 0 Å². The molecule has 0 aliphatic carbocycles. The zero-order chi connectivity index (χ0) is 13.1. The van der Waals surface area contributed by atoms with E-state index in [1.54, 1.807) is 4.90 Å². The van der Waals surface area contributed by atoms with Gasteiger partial charge in [0.2, 0.25) is 0 Å². The zero-order valence-electron chi connectivity index (χ0n) is 12.1. The summed E-state index contributed by atoms with van der Waals surface area (Å²) in [6.45, 7) is 7.15. The molecule has 2 nitrogen and oxygen atoms in total. The van der Waals surface area contributed by atoms with Crippen LogP contribution in [0.5, 0.6) is 0 Å². The van der Waals surface area contributed by atoms with Crippen LogP contribution in [0.25, 0.3) is 10.8 Å². The van der Waals surface area contributed by atoms with Crippen LogP contribution in [0.3, 0.4) is 0 Å². The maximum Gasteiger partial charge on any atom is 0.140 e. The molecule has 0 spiro atoms. The normalized spacial score (nSPS) is 19.1. The standard InChI is InChI=1S/C17H22N2.BrH/c1-2-3-11-18-12-13-19(14-18)17-10-6-8-15-7-4-5-9-16(15)17;/h4-10H,2-3,11-14H2,1H3;1H. The highest BCUT2D eigenvalue weighted by molar-refractivity contribution is 5.90. The predicted molar refractivity (Wildman–Crippen MR) is 80.8 cm³/mol. The lowest BCUT2D eigenvalue weighted by Crippen LogP contribution is -3.05. The Bertz CT molecular complexity index is 550. The Morgan fingerprint density at radius 2 is 1.90 bits per heavy atom. The molecule has 2 aromatic rings. The van der Waals surface area contributed by atoms with Gasteiger partial charge >= 0.3 is 0 Å². The highest BCUT2D eigenvalue weighted by Crippen LogP contribution is 2.20. The molecular weight excluding hydrogens is 312 g/mol. The van der Waals surface area contributed by atoms with Crippen LogP contribution in [0.4, 0.5) is 5.69 Å². The first-order chi connectivity index (χ1) is 9.38. The molecule has 0 aromatic heterocycles. The summed E-state index contributed by atoms with van der Waals surface area (Å²) in [4.78, 5) is 4.22. The van der Waals surface area contributed by atoms with E-state index in [-0.39, 0.29) is 17.0 Å². The molecule has 0 amide bonds. The lowest BCUT2D eigenvalue weighted by Gasteiger charge is -2.16. The van der Waals surface area contributed by atoms with Crippen molar-refractivity contribution in [1.82, 2.24) is 4.90 Å². The van der Waals surface area contributed by atoms with E-state index < -0.39 is 0 Å². The van der Waals surface area contributed by atoms with Crippen molar-refractivity contribution in [3.63, 3.8) is 0 Å². The van der Waals surface area contributed by atoms with Crippen molar-refractivity contribution in [2.75, 3.05) is 26.3 Å². The summed E-state index contributed by atoms with van der Waals surface area (Å²) in [5.41, 5.74) is 1.47. The average molecular weight is 335 g/mol. The van der Waals surface area contributed by atoms with E-state index in [0.717, 1.165) is 6.67 Å². The van der Waals surface area contributed by atoms with Gasteiger partial charge in [-0.2, -0.15) is 0 Å². The molecule has 3 rings (SSSR count). The van der Waals surface area contributed by atoms with Crippen LogP contribution in [0.15, 0.2) is 42.5 Å². The summed E-state index contributed by atoms with van der Waals surface area (Å²) in [6, 6.07) is 15.4. The van der Waals surface area contributed by atoms with Crippen LogP contribution in [0.1, 0.15) is 19.8 Å². The smallest absolute Gasteiger partial charge is 0.140 e. The van der Waals surface area contributed by atoms with Gasteiger partial charge in [-0.05, 0) is 23.9 Å². The van der Waals surface area contributed by atoms with Gasteiger partial charge in [-0.1, -0.05) is 43.7 Å². The van der Waals surface area contributed by atoms with Gasteiger partial charge in [0, 0.05) is 11.9 Å². The van der Waals surface area contributed by atoms with Crippen molar-refractivity contribution < 1.29 is 21.9 Å². The first kappa shape index (κ1) is 15.5. The molecule has 1 unspecified atom stereocenters. The van der Waals surface area contributed by atoms with Crippen LogP contribution in [-0.4, -0.2) is 31.2 Å². The van der Waals surface area contributed by atoms with Crippen LogP contribution in [-0.2, 0) is 0 Å². The van der Waals surface area contributed by atoms with Crippen molar-refractivity contribution >= 4 is 16.5 Å². The van der Waals surface area contributed by atoms with Gasteiger partial charge in [-0.3, -0.25) is 9.80 Å². The maximum atomic E-state index is 2.60. The number of nitrogens with zero attached hydrogens (tertiary/aromatic N) is 1. The Balaban J connectivity index is 0.00000147. The summed E-state index contributed by atoms with van der Waals surface area (Å²) in [5, 5.41) is 2.77. The Kier molecular flexibility index (Phi) is 5.58. The number of hydrogen-bond acceptors (Lipinski definition) is 1. The van der Waals surface area contributed by atoms with Crippen molar-refractivity contribution in [2.45, 2.75) is 19.8 Å². The number of hydrogen-bond donors (Lipinski definition) is 1. The van der Waals surface area contributed by atoms with Gasteiger partial charge in [0.1, 0.15) is 12.4 Å². The van der Waals surface area contributed by atoms with E-state index in [1.807, 2.05) is 0 Å². The molecule has 1 N–H and O–H groups in total. The monoisotopic (exact) mass is 334 g/mol. The minimum absolute atomic E-state index is 0. The van der Waals surface area contributed by atoms with Gasteiger partial charge < -0.3 is 17.0 Å². The largest absolute Gasteiger partial charge is 1.00 e. The van der Waals surface area contributed by atoms with Gasteiger partial charge in [0.05, 0.1) is 13.1 Å². The lowest BCUT2D eigenvalue weighted by molar-refractivity contribution is -0.822. The molecule has 1 fully saturated rings. The van der Waals surface area contributed by atoms with E-state index in [1.165, 1.54) is 48.9 Å². The maximum absolute atomic E-state index is 2.60. The van der Waals surface area contributed by atoms with Crippen molar-refractivity contribution in [3.05, 3.63) is 42.5 Å². The highest BCUT2D eigenvalue weighted by atomic mass is 79.9. The third kappa shape index (κ3) is 3.22. The van der Waals surface area contributed by atoms with Crippen LogP contribution in [0.2, 0.25) is 0 Å². The number of rotatable bonds is 4. The molecule has 0 saturated carbocycles. The summed E-state index contributed by atoms with van der Waals surface area (Å²) in [5.74, 6) is 0. The van der Waals surface area contributed by atoms with E-state index in [4.69, 9.17) is 0 Å².